The van der Waals surface area contributed by atoms with Crippen LogP contribution in [0.1, 0.15) is 0 Å². The first kappa shape index (κ1) is 16.7. The van der Waals surface area contributed by atoms with E-state index in [1.807, 2.05) is 0 Å². The van der Waals surface area contributed by atoms with E-state index < -0.39 is 40.8 Å². The van der Waals surface area contributed by atoms with Gasteiger partial charge in [0.05, 0.1) is 6.07 Å². The van der Waals surface area contributed by atoms with Crippen LogP contribution in [0.25, 0.3) is 10.8 Å². The Hall–Kier alpha value is -3.20. The van der Waals surface area contributed by atoms with Crippen molar-refractivity contribution in [1.29, 1.82) is 0 Å². The van der Waals surface area contributed by atoms with Gasteiger partial charge in [-0.15, -0.1) is 10.2 Å². The van der Waals surface area contributed by atoms with Crippen LogP contribution in [0.2, 0.25) is 0 Å². The minimum atomic E-state index is -4.37. The standard InChI is InChI=1S/C10H6N6O7S2/c1-14-4-11-7(16(19)20)9(14)25(21,22)10-13-12-8(24-10)5-2-3-6(23-5)15(17)18/h2-4H,1H3. The van der Waals surface area contributed by atoms with Gasteiger partial charge in [-0.1, -0.05) is 11.3 Å². The number of sulfone groups is 1. The molecule has 0 unspecified atom stereocenters. The summed E-state index contributed by atoms with van der Waals surface area (Å²) in [5, 5.41) is 28.0. The highest BCUT2D eigenvalue weighted by molar-refractivity contribution is 7.93. The zero-order valence-electron chi connectivity index (χ0n) is 12.1. The zero-order valence-corrected chi connectivity index (χ0v) is 13.7. The Morgan fingerprint density at radius 3 is 2.52 bits per heavy atom. The van der Waals surface area contributed by atoms with Crippen LogP contribution >= 0.6 is 11.3 Å². The fourth-order valence-electron chi connectivity index (χ4n) is 1.88. The van der Waals surface area contributed by atoms with E-state index in [4.69, 9.17) is 4.42 Å². The van der Waals surface area contributed by atoms with E-state index in [2.05, 4.69) is 15.2 Å². The van der Waals surface area contributed by atoms with Crippen molar-refractivity contribution in [1.82, 2.24) is 19.7 Å². The molecule has 0 radical (unpaired) electrons. The van der Waals surface area contributed by atoms with E-state index in [-0.39, 0.29) is 10.8 Å². The zero-order chi connectivity index (χ0) is 18.4. The molecule has 130 valence electrons. The summed E-state index contributed by atoms with van der Waals surface area (Å²) in [5.74, 6) is -1.44. The van der Waals surface area contributed by atoms with Gasteiger partial charge in [-0.05, 0) is 16.0 Å². The first-order valence-corrected chi connectivity index (χ1v) is 8.50. The van der Waals surface area contributed by atoms with E-state index >= 15 is 0 Å². The van der Waals surface area contributed by atoms with Crippen LogP contribution < -0.4 is 0 Å². The molecule has 3 aromatic rings. The highest BCUT2D eigenvalue weighted by Crippen LogP contribution is 2.34. The fourth-order valence-corrected chi connectivity index (χ4v) is 4.44. The van der Waals surface area contributed by atoms with Gasteiger partial charge >= 0.3 is 11.7 Å². The lowest BCUT2D eigenvalue weighted by Gasteiger charge is -2.00. The van der Waals surface area contributed by atoms with Crippen LogP contribution in [-0.2, 0) is 16.9 Å². The van der Waals surface area contributed by atoms with Gasteiger partial charge in [0.2, 0.25) is 15.7 Å². The van der Waals surface area contributed by atoms with Gasteiger partial charge in [-0.25, -0.2) is 8.42 Å². The fraction of sp³-hybridized carbons (Fsp3) is 0.100. The molecule has 0 aliphatic heterocycles. The Balaban J connectivity index is 2.06. The Labute approximate surface area is 141 Å². The third kappa shape index (κ3) is 2.74. The molecule has 0 spiro atoms. The summed E-state index contributed by atoms with van der Waals surface area (Å²) in [5.41, 5.74) is 0. The topological polar surface area (TPSA) is 177 Å². The average molecular weight is 386 g/mol. The molecule has 0 aliphatic carbocycles. The van der Waals surface area contributed by atoms with Crippen molar-refractivity contribution in [2.45, 2.75) is 9.37 Å². The second-order valence-electron chi connectivity index (χ2n) is 4.51. The predicted molar refractivity (Wildman–Crippen MR) is 79.6 cm³/mol. The molecule has 15 heteroatoms. The Morgan fingerprint density at radius 1 is 1.20 bits per heavy atom. The molecule has 0 bridgehead atoms. The molecule has 0 fully saturated rings. The van der Waals surface area contributed by atoms with E-state index in [0.29, 0.717) is 11.3 Å². The molecule has 3 heterocycles. The van der Waals surface area contributed by atoms with Gasteiger partial charge in [0.15, 0.2) is 10.8 Å². The molecule has 0 amide bonds. The number of aromatic nitrogens is 4. The monoisotopic (exact) mass is 386 g/mol. The van der Waals surface area contributed by atoms with Crippen molar-refractivity contribution in [2.24, 2.45) is 7.05 Å². The summed E-state index contributed by atoms with van der Waals surface area (Å²) < 4.78 is 30.6. The first-order chi connectivity index (χ1) is 11.7. The number of aryl methyl sites for hydroxylation is 1. The molecule has 25 heavy (non-hydrogen) atoms. The smallest absolute Gasteiger partial charge is 0.398 e. The maximum atomic E-state index is 12.6. The molecular formula is C10H6N6O7S2. The summed E-state index contributed by atoms with van der Waals surface area (Å²) in [4.78, 5) is 23.3. The molecule has 0 saturated carbocycles. The minimum absolute atomic E-state index is 0.0310. The van der Waals surface area contributed by atoms with Gasteiger partial charge < -0.3 is 14.5 Å². The van der Waals surface area contributed by atoms with Crippen molar-refractivity contribution in [3.8, 4) is 10.8 Å². The number of imidazole rings is 1. The highest BCUT2D eigenvalue weighted by atomic mass is 32.2. The molecule has 3 rings (SSSR count). The van der Waals surface area contributed by atoms with Gasteiger partial charge in [0, 0.05) is 7.05 Å². The van der Waals surface area contributed by atoms with E-state index in [9.17, 15) is 28.6 Å². The third-order valence-corrected chi connectivity index (χ3v) is 6.07. The molecule has 0 aliphatic rings. The average Bonchev–Trinajstić information content (AvgIpc) is 3.25. The normalized spacial score (nSPS) is 11.6. The molecule has 0 atom stereocenters. The van der Waals surface area contributed by atoms with Crippen LogP contribution in [0.5, 0.6) is 0 Å². The predicted octanol–water partition coefficient (Wildman–Crippen LogP) is 1.18. The maximum Gasteiger partial charge on any atom is 0.433 e. The number of nitrogens with zero attached hydrogens (tertiary/aromatic N) is 6. The van der Waals surface area contributed by atoms with Gasteiger partial charge in [0.1, 0.15) is 4.92 Å². The van der Waals surface area contributed by atoms with Crippen molar-refractivity contribution >= 4 is 32.9 Å². The summed E-state index contributed by atoms with van der Waals surface area (Å²) in [7, 11) is -3.09. The van der Waals surface area contributed by atoms with Crippen LogP contribution in [-0.4, -0.2) is 38.0 Å². The second kappa shape index (κ2) is 5.71. The SMILES string of the molecule is Cn1cnc([N+](=O)[O-])c1S(=O)(=O)c1nnc(-c2ccc([N+](=O)[O-])o2)s1. The Kier molecular flexibility index (Phi) is 3.80. The van der Waals surface area contributed by atoms with Crippen molar-refractivity contribution in [2.75, 3.05) is 0 Å². The number of rotatable bonds is 5. The number of hydrogen-bond acceptors (Lipinski definition) is 11. The molecule has 0 N–H and O–H groups in total. The summed E-state index contributed by atoms with van der Waals surface area (Å²) in [6, 6.07) is 2.32. The Morgan fingerprint density at radius 2 is 1.92 bits per heavy atom. The van der Waals surface area contributed by atoms with Gasteiger partial charge in [-0.3, -0.25) is 14.7 Å². The lowest BCUT2D eigenvalue weighted by Crippen LogP contribution is -2.09. The van der Waals surface area contributed by atoms with E-state index in [0.717, 1.165) is 17.0 Å². The van der Waals surface area contributed by atoms with Crippen molar-refractivity contribution in [3.05, 3.63) is 38.7 Å². The quantitative estimate of drug-likeness (QED) is 0.456. The maximum absolute atomic E-state index is 12.6. The summed E-state index contributed by atoms with van der Waals surface area (Å²) in [6.07, 6.45) is 0.989. The van der Waals surface area contributed by atoms with Crippen LogP contribution in [0, 0.1) is 20.2 Å². The number of furan rings is 1. The molecule has 0 aromatic carbocycles. The highest BCUT2D eigenvalue weighted by Gasteiger charge is 2.36. The van der Waals surface area contributed by atoms with Gasteiger partial charge in [0.25, 0.3) is 9.84 Å². The second-order valence-corrected chi connectivity index (χ2v) is 7.53. The van der Waals surface area contributed by atoms with Crippen molar-refractivity contribution in [3.63, 3.8) is 0 Å². The van der Waals surface area contributed by atoms with Gasteiger partial charge in [-0.2, -0.15) is 0 Å². The van der Waals surface area contributed by atoms with E-state index in [1.165, 1.54) is 13.1 Å². The lowest BCUT2D eigenvalue weighted by molar-refractivity contribution is -0.401. The first-order valence-electron chi connectivity index (χ1n) is 6.20. The van der Waals surface area contributed by atoms with Crippen molar-refractivity contribution < 1.29 is 22.7 Å². The van der Waals surface area contributed by atoms with Crippen LogP contribution in [0.3, 0.4) is 0 Å². The minimum Gasteiger partial charge on any atom is -0.398 e. The van der Waals surface area contributed by atoms with Crippen LogP contribution in [0.15, 0.2) is 32.2 Å². The van der Waals surface area contributed by atoms with E-state index in [1.54, 1.807) is 0 Å². The Bertz CT molecular complexity index is 1090. The lowest BCUT2D eigenvalue weighted by atomic mass is 10.5. The summed E-state index contributed by atoms with van der Waals surface area (Å²) >= 11 is 0.555. The molecular weight excluding hydrogens is 380 g/mol. The number of hydrogen-bond donors (Lipinski definition) is 0. The summed E-state index contributed by atoms with van der Waals surface area (Å²) in [6.45, 7) is 0. The molecule has 3 aromatic heterocycles. The third-order valence-electron chi connectivity index (χ3n) is 2.91. The number of nitro groups is 2. The molecule has 0 saturated heterocycles. The van der Waals surface area contributed by atoms with Crippen LogP contribution in [0.4, 0.5) is 11.7 Å². The molecule has 13 nitrogen and oxygen atoms in total. The largest absolute Gasteiger partial charge is 0.433 e.